The van der Waals surface area contributed by atoms with Gasteiger partial charge in [0.05, 0.1) is 27.9 Å². The minimum absolute atomic E-state index is 0.108. The van der Waals surface area contributed by atoms with Crippen LogP contribution in [-0.4, -0.2) is 27.9 Å². The van der Waals surface area contributed by atoms with Crippen LogP contribution >= 0.6 is 15.9 Å². The van der Waals surface area contributed by atoms with Crippen LogP contribution in [0.5, 0.6) is 0 Å². The molecular weight excluding hydrogens is 346 g/mol. The predicted octanol–water partition coefficient (Wildman–Crippen LogP) is 3.83. The fourth-order valence-corrected chi connectivity index (χ4v) is 3.97. The highest BCUT2D eigenvalue weighted by Crippen LogP contribution is 2.23. The van der Waals surface area contributed by atoms with Gasteiger partial charge in [0.25, 0.3) is 0 Å². The molecule has 0 atom stereocenters. The summed E-state index contributed by atoms with van der Waals surface area (Å²) in [6, 6.07) is 1.33. The molecule has 0 radical (unpaired) electrons. The van der Waals surface area contributed by atoms with E-state index in [-0.39, 0.29) is 11.8 Å². The summed E-state index contributed by atoms with van der Waals surface area (Å²) in [5, 5.41) is 0.226. The first kappa shape index (κ1) is 17.7. The van der Waals surface area contributed by atoms with Crippen LogP contribution in [0.25, 0.3) is 0 Å². The number of halogens is 3. The fourth-order valence-electron chi connectivity index (χ4n) is 1.89. The first-order valence-corrected chi connectivity index (χ1v) is 10.9. The lowest BCUT2D eigenvalue weighted by molar-refractivity contribution is 0.0441. The molecule has 1 aromatic carbocycles. The summed E-state index contributed by atoms with van der Waals surface area (Å²) >= 11 is 3.21. The van der Waals surface area contributed by atoms with Gasteiger partial charge in [-0.15, -0.1) is 0 Å². The highest BCUT2D eigenvalue weighted by Gasteiger charge is 2.28. The molecule has 0 aliphatic carbocycles. The van der Waals surface area contributed by atoms with Gasteiger partial charge >= 0.3 is 0 Å². The maximum absolute atomic E-state index is 14.5. The van der Waals surface area contributed by atoms with Gasteiger partial charge in [-0.2, -0.15) is 0 Å². The maximum Gasteiger partial charge on any atom is 0.131 e. The van der Waals surface area contributed by atoms with Crippen molar-refractivity contribution >= 4 is 29.2 Å². The molecule has 2 nitrogen and oxygen atoms in total. The van der Waals surface area contributed by atoms with Crippen molar-refractivity contribution in [1.82, 2.24) is 0 Å². The van der Waals surface area contributed by atoms with E-state index in [9.17, 15) is 8.78 Å². The van der Waals surface area contributed by atoms with E-state index >= 15 is 0 Å². The van der Waals surface area contributed by atoms with E-state index in [1.807, 2.05) is 26.6 Å². The third-order valence-electron chi connectivity index (χ3n) is 2.84. The standard InChI is InChI=1S/C14H21BrF2O2Si/c1-5-18-6-7-19-9-10-11(15)8-12(16)14(13(10)17)20(2,3)4/h8H,5-7,9H2,1-4H3. The summed E-state index contributed by atoms with van der Waals surface area (Å²) in [4.78, 5) is 0. The monoisotopic (exact) mass is 366 g/mol. The molecule has 20 heavy (non-hydrogen) atoms. The number of benzene rings is 1. The Bertz CT molecular complexity index is 461. The maximum atomic E-state index is 14.5. The second-order valence-corrected chi connectivity index (χ2v) is 11.4. The second-order valence-electron chi connectivity index (χ2n) is 5.51. The van der Waals surface area contributed by atoms with Crippen LogP contribution in [0, 0.1) is 11.6 Å². The Morgan fingerprint density at radius 2 is 1.75 bits per heavy atom. The number of hydrogen-bond donors (Lipinski definition) is 0. The Morgan fingerprint density at radius 3 is 2.30 bits per heavy atom. The SMILES string of the molecule is CCOCCOCc1c(Br)cc(F)c([Si](C)(C)C)c1F. The van der Waals surface area contributed by atoms with Crippen LogP contribution in [0.15, 0.2) is 10.5 Å². The smallest absolute Gasteiger partial charge is 0.131 e. The summed E-state index contributed by atoms with van der Waals surface area (Å²) < 4.78 is 39.4. The lowest BCUT2D eigenvalue weighted by Gasteiger charge is -2.21. The third-order valence-corrected chi connectivity index (χ3v) is 5.50. The number of ether oxygens (including phenoxy) is 2. The molecule has 0 aromatic heterocycles. The second kappa shape index (κ2) is 7.63. The molecule has 0 N–H and O–H groups in total. The average molecular weight is 367 g/mol. The lowest BCUT2D eigenvalue weighted by Crippen LogP contribution is -2.43. The van der Waals surface area contributed by atoms with E-state index in [1.165, 1.54) is 6.07 Å². The molecule has 0 bridgehead atoms. The summed E-state index contributed by atoms with van der Waals surface area (Å²) in [6.07, 6.45) is 0. The van der Waals surface area contributed by atoms with Gasteiger partial charge in [0.2, 0.25) is 0 Å². The van der Waals surface area contributed by atoms with Crippen molar-refractivity contribution in [3.8, 4) is 0 Å². The highest BCUT2D eigenvalue weighted by atomic mass is 79.9. The number of hydrogen-bond acceptors (Lipinski definition) is 2. The van der Waals surface area contributed by atoms with Crippen LogP contribution in [-0.2, 0) is 16.1 Å². The Morgan fingerprint density at radius 1 is 1.15 bits per heavy atom. The average Bonchev–Trinajstić information content (AvgIpc) is 2.30. The molecule has 0 heterocycles. The Labute approximate surface area is 128 Å². The minimum atomic E-state index is -2.09. The largest absolute Gasteiger partial charge is 0.379 e. The number of rotatable bonds is 7. The topological polar surface area (TPSA) is 18.5 Å². The Hall–Kier alpha value is -0.303. The van der Waals surface area contributed by atoms with E-state index in [0.717, 1.165) is 0 Å². The zero-order chi connectivity index (χ0) is 15.3. The minimum Gasteiger partial charge on any atom is -0.379 e. The third kappa shape index (κ3) is 4.61. The molecule has 1 aromatic rings. The Balaban J connectivity index is 2.91. The van der Waals surface area contributed by atoms with Gasteiger partial charge in [0.15, 0.2) is 0 Å². The Kier molecular flexibility index (Phi) is 6.77. The summed E-state index contributed by atoms with van der Waals surface area (Å²) in [7, 11) is -2.09. The van der Waals surface area contributed by atoms with Crippen LogP contribution in [0.1, 0.15) is 12.5 Å². The van der Waals surface area contributed by atoms with Crippen LogP contribution in [0.2, 0.25) is 19.6 Å². The zero-order valence-corrected chi connectivity index (χ0v) is 14.9. The summed E-state index contributed by atoms with van der Waals surface area (Å²) in [6.45, 7) is 9.25. The van der Waals surface area contributed by atoms with Gasteiger partial charge in [-0.25, -0.2) is 8.78 Å². The van der Waals surface area contributed by atoms with Crippen LogP contribution in [0.4, 0.5) is 8.78 Å². The van der Waals surface area contributed by atoms with Crippen molar-refractivity contribution in [1.29, 1.82) is 0 Å². The molecule has 0 saturated heterocycles. The zero-order valence-electron chi connectivity index (χ0n) is 12.4. The van der Waals surface area contributed by atoms with Gasteiger partial charge in [-0.05, 0) is 13.0 Å². The van der Waals surface area contributed by atoms with E-state index in [1.54, 1.807) is 0 Å². The predicted molar refractivity (Wildman–Crippen MR) is 83.2 cm³/mol. The van der Waals surface area contributed by atoms with Crippen molar-refractivity contribution in [3.63, 3.8) is 0 Å². The summed E-state index contributed by atoms with van der Waals surface area (Å²) in [5.74, 6) is -0.959. The van der Waals surface area contributed by atoms with Gasteiger partial charge in [-0.3, -0.25) is 0 Å². The molecule has 0 aliphatic heterocycles. The molecule has 0 spiro atoms. The van der Waals surface area contributed by atoms with E-state index < -0.39 is 19.7 Å². The molecule has 1 rings (SSSR count). The quantitative estimate of drug-likeness (QED) is 0.539. The van der Waals surface area contributed by atoms with Crippen molar-refractivity contribution in [2.45, 2.75) is 33.2 Å². The van der Waals surface area contributed by atoms with Gasteiger partial charge in [0, 0.05) is 21.8 Å². The molecule has 114 valence electrons. The van der Waals surface area contributed by atoms with E-state index in [2.05, 4.69) is 15.9 Å². The van der Waals surface area contributed by atoms with Gasteiger partial charge < -0.3 is 9.47 Å². The molecular formula is C14H21BrF2O2Si. The van der Waals surface area contributed by atoms with Crippen molar-refractivity contribution in [3.05, 3.63) is 27.7 Å². The molecule has 0 fully saturated rings. The molecule has 0 aliphatic rings. The first-order chi connectivity index (χ1) is 9.29. The molecule has 0 unspecified atom stereocenters. The van der Waals surface area contributed by atoms with Crippen molar-refractivity contribution in [2.75, 3.05) is 19.8 Å². The van der Waals surface area contributed by atoms with Gasteiger partial charge in [-0.1, -0.05) is 35.6 Å². The summed E-state index contributed by atoms with van der Waals surface area (Å²) in [5.41, 5.74) is 0.375. The van der Waals surface area contributed by atoms with Crippen molar-refractivity contribution in [2.24, 2.45) is 0 Å². The molecule has 6 heteroatoms. The molecule has 0 saturated carbocycles. The fraction of sp³-hybridized carbons (Fsp3) is 0.571. The van der Waals surface area contributed by atoms with Crippen LogP contribution in [0.3, 0.4) is 0 Å². The first-order valence-electron chi connectivity index (χ1n) is 6.61. The highest BCUT2D eigenvalue weighted by molar-refractivity contribution is 9.10. The molecule has 0 amide bonds. The lowest BCUT2D eigenvalue weighted by atomic mass is 10.2. The van der Waals surface area contributed by atoms with E-state index in [0.29, 0.717) is 29.9 Å². The van der Waals surface area contributed by atoms with E-state index in [4.69, 9.17) is 9.47 Å². The van der Waals surface area contributed by atoms with Crippen LogP contribution < -0.4 is 5.19 Å². The van der Waals surface area contributed by atoms with Gasteiger partial charge in [0.1, 0.15) is 11.6 Å². The van der Waals surface area contributed by atoms with Crippen molar-refractivity contribution < 1.29 is 18.3 Å². The normalized spacial score (nSPS) is 11.9.